The lowest BCUT2D eigenvalue weighted by molar-refractivity contribution is 0.231. The van der Waals surface area contributed by atoms with Crippen molar-refractivity contribution in [1.29, 1.82) is 0 Å². The van der Waals surface area contributed by atoms with Gasteiger partial charge in [-0.3, -0.25) is 4.90 Å². The molecule has 0 unspecified atom stereocenters. The molecule has 0 spiro atoms. The van der Waals surface area contributed by atoms with E-state index in [1.165, 1.54) is 22.3 Å². The second kappa shape index (κ2) is 4.58. The zero-order chi connectivity index (χ0) is 12.5. The topological polar surface area (TPSA) is 3.24 Å². The van der Waals surface area contributed by atoms with Crippen LogP contribution in [0.2, 0.25) is 0 Å². The van der Waals surface area contributed by atoms with E-state index >= 15 is 0 Å². The second-order valence-electron chi connectivity index (χ2n) is 5.28. The lowest BCUT2D eigenvalue weighted by Gasteiger charge is -2.33. The molecule has 1 heterocycles. The molecule has 1 nitrogen and oxygen atoms in total. The molecule has 0 N–H and O–H groups in total. The summed E-state index contributed by atoms with van der Waals surface area (Å²) in [5.74, 6) is 0. The van der Waals surface area contributed by atoms with Crippen LogP contribution in [0.3, 0.4) is 0 Å². The number of rotatable bonds is 1. The van der Waals surface area contributed by atoms with Gasteiger partial charge < -0.3 is 0 Å². The van der Waals surface area contributed by atoms with Gasteiger partial charge in [0.05, 0.1) is 0 Å². The van der Waals surface area contributed by atoms with E-state index in [0.29, 0.717) is 6.04 Å². The zero-order valence-corrected chi connectivity index (χ0v) is 11.1. The highest BCUT2D eigenvalue weighted by Gasteiger charge is 2.21. The van der Waals surface area contributed by atoms with Crippen molar-refractivity contribution in [3.8, 4) is 11.1 Å². The second-order valence-corrected chi connectivity index (χ2v) is 5.28. The Bertz CT molecular complexity index is 545. The van der Waals surface area contributed by atoms with Crippen LogP contribution in [0.4, 0.5) is 0 Å². The number of hydrogen-bond acceptors (Lipinski definition) is 1. The van der Waals surface area contributed by atoms with Crippen molar-refractivity contribution in [2.24, 2.45) is 0 Å². The molecule has 1 heteroatoms. The minimum Gasteiger partial charge on any atom is -0.299 e. The molecule has 0 amide bonds. The van der Waals surface area contributed by atoms with E-state index in [9.17, 15) is 0 Å². The Kier molecular flexibility index (Phi) is 2.92. The Morgan fingerprint density at radius 3 is 2.56 bits per heavy atom. The molecule has 0 fully saturated rings. The first kappa shape index (κ1) is 11.5. The van der Waals surface area contributed by atoms with Crippen LogP contribution < -0.4 is 0 Å². The summed E-state index contributed by atoms with van der Waals surface area (Å²) in [6.45, 7) is 3.36. The Labute approximate surface area is 109 Å². The number of hydrogen-bond donors (Lipinski definition) is 0. The van der Waals surface area contributed by atoms with Gasteiger partial charge in [-0.1, -0.05) is 48.5 Å². The molecule has 0 radical (unpaired) electrons. The zero-order valence-electron chi connectivity index (χ0n) is 11.1. The summed E-state index contributed by atoms with van der Waals surface area (Å²) in [5.41, 5.74) is 5.75. The minimum atomic E-state index is 0.642. The number of fused-ring (bicyclic) bond motifs is 1. The fourth-order valence-electron chi connectivity index (χ4n) is 2.78. The fraction of sp³-hybridized carbons (Fsp3) is 0.294. The van der Waals surface area contributed by atoms with Crippen LogP contribution in [0.1, 0.15) is 18.1 Å². The van der Waals surface area contributed by atoms with E-state index in [2.05, 4.69) is 67.4 Å². The van der Waals surface area contributed by atoms with Crippen molar-refractivity contribution in [3.05, 3.63) is 59.7 Å². The van der Waals surface area contributed by atoms with Crippen LogP contribution in [0.25, 0.3) is 11.1 Å². The van der Waals surface area contributed by atoms with Crippen LogP contribution in [0, 0.1) is 0 Å². The SMILES string of the molecule is C[C@H]1Cc2cccc(-c3ccccc3)c2CN1C. The molecule has 0 saturated carbocycles. The predicted molar refractivity (Wildman–Crippen MR) is 76.5 cm³/mol. The molecule has 1 aliphatic heterocycles. The van der Waals surface area contributed by atoms with Crippen LogP contribution in [-0.2, 0) is 13.0 Å². The fourth-order valence-corrected chi connectivity index (χ4v) is 2.78. The normalized spacial score (nSPS) is 19.6. The molecule has 0 saturated heterocycles. The van der Waals surface area contributed by atoms with Crippen molar-refractivity contribution < 1.29 is 0 Å². The van der Waals surface area contributed by atoms with Gasteiger partial charge in [0.15, 0.2) is 0 Å². The highest BCUT2D eigenvalue weighted by Crippen LogP contribution is 2.31. The van der Waals surface area contributed by atoms with E-state index < -0.39 is 0 Å². The third-order valence-corrected chi connectivity index (χ3v) is 4.03. The molecular weight excluding hydrogens is 218 g/mol. The smallest absolute Gasteiger partial charge is 0.0242 e. The first-order chi connectivity index (χ1) is 8.75. The van der Waals surface area contributed by atoms with Crippen molar-refractivity contribution in [2.45, 2.75) is 25.9 Å². The molecule has 3 rings (SSSR count). The van der Waals surface area contributed by atoms with E-state index in [-0.39, 0.29) is 0 Å². The summed E-state index contributed by atoms with van der Waals surface area (Å²) >= 11 is 0. The summed E-state index contributed by atoms with van der Waals surface area (Å²) in [6, 6.07) is 18.1. The molecule has 2 aromatic rings. The van der Waals surface area contributed by atoms with Crippen LogP contribution in [0.15, 0.2) is 48.5 Å². The Morgan fingerprint density at radius 1 is 1.00 bits per heavy atom. The Morgan fingerprint density at radius 2 is 1.78 bits per heavy atom. The summed E-state index contributed by atoms with van der Waals surface area (Å²) in [7, 11) is 2.22. The molecular formula is C17H19N. The monoisotopic (exact) mass is 237 g/mol. The highest BCUT2D eigenvalue weighted by molar-refractivity contribution is 5.69. The summed E-state index contributed by atoms with van der Waals surface area (Å²) in [4.78, 5) is 2.44. The maximum atomic E-state index is 2.44. The third kappa shape index (κ3) is 1.95. The Balaban J connectivity index is 2.10. The van der Waals surface area contributed by atoms with Gasteiger partial charge >= 0.3 is 0 Å². The average molecular weight is 237 g/mol. The molecule has 0 aromatic heterocycles. The van der Waals surface area contributed by atoms with Crippen molar-refractivity contribution in [1.82, 2.24) is 4.90 Å². The molecule has 1 atom stereocenters. The minimum absolute atomic E-state index is 0.642. The Hall–Kier alpha value is -1.60. The molecule has 2 aromatic carbocycles. The van der Waals surface area contributed by atoms with E-state index in [4.69, 9.17) is 0 Å². The van der Waals surface area contributed by atoms with Gasteiger partial charge in [-0.25, -0.2) is 0 Å². The third-order valence-electron chi connectivity index (χ3n) is 4.03. The lowest BCUT2D eigenvalue weighted by atomic mass is 9.89. The lowest BCUT2D eigenvalue weighted by Crippen LogP contribution is -2.35. The van der Waals surface area contributed by atoms with Gasteiger partial charge in [0.2, 0.25) is 0 Å². The standard InChI is InChI=1S/C17H19N/c1-13-11-15-9-6-10-16(17(15)12-18(13)2)14-7-4-3-5-8-14/h3-10,13H,11-12H2,1-2H3/t13-/m0/s1. The van der Waals surface area contributed by atoms with Crippen LogP contribution >= 0.6 is 0 Å². The largest absolute Gasteiger partial charge is 0.299 e. The first-order valence-electron chi connectivity index (χ1n) is 6.62. The van der Waals surface area contributed by atoms with Crippen molar-refractivity contribution in [2.75, 3.05) is 7.05 Å². The molecule has 1 aliphatic rings. The van der Waals surface area contributed by atoms with Gasteiger partial charge in [0.25, 0.3) is 0 Å². The van der Waals surface area contributed by atoms with Gasteiger partial charge in [0.1, 0.15) is 0 Å². The van der Waals surface area contributed by atoms with Gasteiger partial charge in [-0.15, -0.1) is 0 Å². The van der Waals surface area contributed by atoms with Crippen LogP contribution in [-0.4, -0.2) is 18.0 Å². The van der Waals surface area contributed by atoms with Crippen molar-refractivity contribution >= 4 is 0 Å². The molecule has 0 aliphatic carbocycles. The number of likely N-dealkylation sites (N-methyl/N-ethyl adjacent to an activating group) is 1. The first-order valence-corrected chi connectivity index (χ1v) is 6.62. The van der Waals surface area contributed by atoms with Crippen LogP contribution in [0.5, 0.6) is 0 Å². The van der Waals surface area contributed by atoms with Crippen molar-refractivity contribution in [3.63, 3.8) is 0 Å². The summed E-state index contributed by atoms with van der Waals surface area (Å²) in [6.07, 6.45) is 1.16. The highest BCUT2D eigenvalue weighted by atomic mass is 15.1. The van der Waals surface area contributed by atoms with Gasteiger partial charge in [-0.05, 0) is 42.6 Å². The summed E-state index contributed by atoms with van der Waals surface area (Å²) < 4.78 is 0. The van der Waals surface area contributed by atoms with E-state index in [1.54, 1.807) is 0 Å². The maximum Gasteiger partial charge on any atom is 0.0242 e. The molecule has 0 bridgehead atoms. The number of benzene rings is 2. The number of nitrogens with zero attached hydrogens (tertiary/aromatic N) is 1. The maximum absolute atomic E-state index is 2.44. The van der Waals surface area contributed by atoms with Gasteiger partial charge in [0, 0.05) is 12.6 Å². The van der Waals surface area contributed by atoms with E-state index in [1.807, 2.05) is 0 Å². The average Bonchev–Trinajstić information content (AvgIpc) is 2.40. The quantitative estimate of drug-likeness (QED) is 0.730. The predicted octanol–water partition coefficient (Wildman–Crippen LogP) is 3.73. The van der Waals surface area contributed by atoms with Gasteiger partial charge in [-0.2, -0.15) is 0 Å². The molecule has 18 heavy (non-hydrogen) atoms. The van der Waals surface area contributed by atoms with E-state index in [0.717, 1.165) is 13.0 Å². The summed E-state index contributed by atoms with van der Waals surface area (Å²) in [5, 5.41) is 0. The molecule has 92 valence electrons.